The standard InChI is InChI=1S/C14H23N3O3/c1-3-19-13(20-4-2)10-17(14(16)18)12-7-5-11(9-15)6-8-12/h5-8,13H,3-4,9-10,15H2,1-2H3,(H2,16,18). The van der Waals surface area contributed by atoms with Gasteiger partial charge in [0.1, 0.15) is 0 Å². The van der Waals surface area contributed by atoms with Crippen LogP contribution < -0.4 is 16.4 Å². The Morgan fingerprint density at radius 3 is 2.15 bits per heavy atom. The Kier molecular flexibility index (Phi) is 7.00. The normalized spacial score (nSPS) is 10.8. The predicted molar refractivity (Wildman–Crippen MR) is 78.3 cm³/mol. The topological polar surface area (TPSA) is 90.8 Å². The van der Waals surface area contributed by atoms with Crippen molar-refractivity contribution >= 4 is 11.7 Å². The van der Waals surface area contributed by atoms with Crippen molar-refractivity contribution in [3.63, 3.8) is 0 Å². The van der Waals surface area contributed by atoms with E-state index in [0.717, 1.165) is 5.56 Å². The Morgan fingerprint density at radius 1 is 1.20 bits per heavy atom. The second-order valence-corrected chi connectivity index (χ2v) is 4.16. The maximum Gasteiger partial charge on any atom is 0.319 e. The van der Waals surface area contributed by atoms with Gasteiger partial charge in [0.05, 0.1) is 6.54 Å². The lowest BCUT2D eigenvalue weighted by molar-refractivity contribution is -0.128. The molecule has 0 aliphatic carbocycles. The summed E-state index contributed by atoms with van der Waals surface area (Å²) in [6, 6.07) is 6.79. The van der Waals surface area contributed by atoms with E-state index in [1.165, 1.54) is 4.90 Å². The fraction of sp³-hybridized carbons (Fsp3) is 0.500. The van der Waals surface area contributed by atoms with Gasteiger partial charge in [-0.25, -0.2) is 4.79 Å². The minimum atomic E-state index is -0.546. The molecule has 0 saturated carbocycles. The molecule has 20 heavy (non-hydrogen) atoms. The lowest BCUT2D eigenvalue weighted by Gasteiger charge is -2.26. The molecule has 1 aromatic carbocycles. The number of hydrogen-bond acceptors (Lipinski definition) is 4. The van der Waals surface area contributed by atoms with Crippen molar-refractivity contribution in [2.24, 2.45) is 11.5 Å². The first-order chi connectivity index (χ1) is 9.62. The van der Waals surface area contributed by atoms with Crippen LogP contribution in [0.2, 0.25) is 0 Å². The Morgan fingerprint density at radius 2 is 1.75 bits per heavy atom. The summed E-state index contributed by atoms with van der Waals surface area (Å²) >= 11 is 0. The number of nitrogens with zero attached hydrogens (tertiary/aromatic N) is 1. The number of carbonyl (C=O) groups excluding carboxylic acids is 1. The number of hydrogen-bond donors (Lipinski definition) is 2. The smallest absolute Gasteiger partial charge is 0.319 e. The Balaban J connectivity index is 2.83. The van der Waals surface area contributed by atoms with E-state index in [4.69, 9.17) is 20.9 Å². The number of nitrogens with two attached hydrogens (primary N) is 2. The van der Waals surface area contributed by atoms with Gasteiger partial charge in [0.25, 0.3) is 0 Å². The van der Waals surface area contributed by atoms with E-state index in [1.807, 2.05) is 38.1 Å². The van der Waals surface area contributed by atoms with E-state index in [9.17, 15) is 4.79 Å². The van der Waals surface area contributed by atoms with E-state index < -0.39 is 12.3 Å². The van der Waals surface area contributed by atoms with Gasteiger partial charge < -0.3 is 20.9 Å². The summed E-state index contributed by atoms with van der Waals surface area (Å²) < 4.78 is 10.9. The number of rotatable bonds is 8. The molecule has 0 aromatic heterocycles. The summed E-state index contributed by atoms with van der Waals surface area (Å²) in [7, 11) is 0. The zero-order valence-corrected chi connectivity index (χ0v) is 12.0. The first-order valence-electron chi connectivity index (χ1n) is 6.71. The Hall–Kier alpha value is -1.63. The highest BCUT2D eigenvalue weighted by molar-refractivity contribution is 5.90. The quantitative estimate of drug-likeness (QED) is 0.705. The highest BCUT2D eigenvalue weighted by Crippen LogP contribution is 2.16. The maximum atomic E-state index is 11.6. The lowest BCUT2D eigenvalue weighted by atomic mass is 10.2. The van der Waals surface area contributed by atoms with E-state index in [-0.39, 0.29) is 6.54 Å². The molecule has 0 spiro atoms. The van der Waals surface area contributed by atoms with Crippen molar-refractivity contribution in [3.05, 3.63) is 29.8 Å². The lowest BCUT2D eigenvalue weighted by Crippen LogP contribution is -2.42. The molecular formula is C14H23N3O3. The van der Waals surface area contributed by atoms with Crippen molar-refractivity contribution in [3.8, 4) is 0 Å². The summed E-state index contributed by atoms with van der Waals surface area (Å²) in [6.45, 7) is 5.45. The molecule has 1 aromatic rings. The molecule has 0 unspecified atom stereocenters. The van der Waals surface area contributed by atoms with Crippen LogP contribution in [-0.4, -0.2) is 32.1 Å². The zero-order chi connectivity index (χ0) is 15.0. The monoisotopic (exact) mass is 281 g/mol. The van der Waals surface area contributed by atoms with Crippen molar-refractivity contribution in [1.82, 2.24) is 0 Å². The van der Waals surface area contributed by atoms with Crippen LogP contribution in [0.1, 0.15) is 19.4 Å². The van der Waals surface area contributed by atoms with Crippen molar-refractivity contribution in [1.29, 1.82) is 0 Å². The molecule has 6 nitrogen and oxygen atoms in total. The Labute approximate surface area is 119 Å². The van der Waals surface area contributed by atoms with Gasteiger partial charge in [0, 0.05) is 25.4 Å². The summed E-state index contributed by atoms with van der Waals surface area (Å²) in [5.41, 5.74) is 12.7. The van der Waals surface area contributed by atoms with Crippen molar-refractivity contribution in [2.75, 3.05) is 24.7 Å². The molecule has 0 aliphatic rings. The van der Waals surface area contributed by atoms with Crippen LogP contribution in [0.4, 0.5) is 10.5 Å². The van der Waals surface area contributed by atoms with Gasteiger partial charge >= 0.3 is 6.03 Å². The molecule has 112 valence electrons. The number of urea groups is 1. The third-order valence-electron chi connectivity index (χ3n) is 2.79. The average Bonchev–Trinajstić information content (AvgIpc) is 2.45. The van der Waals surface area contributed by atoms with Gasteiger partial charge in [-0.15, -0.1) is 0 Å². The van der Waals surface area contributed by atoms with E-state index in [2.05, 4.69) is 0 Å². The number of ether oxygens (including phenoxy) is 2. The second-order valence-electron chi connectivity index (χ2n) is 4.16. The number of benzene rings is 1. The van der Waals surface area contributed by atoms with Crippen LogP contribution in [-0.2, 0) is 16.0 Å². The third kappa shape index (κ3) is 4.80. The molecule has 0 heterocycles. The first kappa shape index (κ1) is 16.4. The maximum absolute atomic E-state index is 11.6. The molecule has 0 bridgehead atoms. The van der Waals surface area contributed by atoms with Crippen molar-refractivity contribution in [2.45, 2.75) is 26.7 Å². The molecule has 0 aliphatic heterocycles. The Bertz CT molecular complexity index is 403. The largest absolute Gasteiger partial charge is 0.351 e. The molecule has 0 atom stereocenters. The molecule has 1 rings (SSSR count). The molecular weight excluding hydrogens is 258 g/mol. The summed E-state index contributed by atoms with van der Waals surface area (Å²) in [5.74, 6) is 0. The first-order valence-corrected chi connectivity index (χ1v) is 6.71. The molecule has 6 heteroatoms. The van der Waals surface area contributed by atoms with Crippen LogP contribution in [0.15, 0.2) is 24.3 Å². The van der Waals surface area contributed by atoms with Gasteiger partial charge in [-0.1, -0.05) is 12.1 Å². The highest BCUT2D eigenvalue weighted by Gasteiger charge is 2.19. The minimum absolute atomic E-state index is 0.249. The third-order valence-corrected chi connectivity index (χ3v) is 2.79. The molecule has 0 fully saturated rings. The summed E-state index contributed by atoms with van der Waals surface area (Å²) in [6.07, 6.45) is -0.494. The molecule has 4 N–H and O–H groups in total. The summed E-state index contributed by atoms with van der Waals surface area (Å²) in [5, 5.41) is 0. The van der Waals surface area contributed by atoms with E-state index >= 15 is 0 Å². The average molecular weight is 281 g/mol. The number of carbonyl (C=O) groups is 1. The van der Waals surface area contributed by atoms with Crippen LogP contribution in [0.25, 0.3) is 0 Å². The van der Waals surface area contributed by atoms with Gasteiger partial charge in [0.2, 0.25) is 0 Å². The highest BCUT2D eigenvalue weighted by atomic mass is 16.7. The number of primary amides is 1. The van der Waals surface area contributed by atoms with Crippen LogP contribution in [0.3, 0.4) is 0 Å². The predicted octanol–water partition coefficient (Wildman–Crippen LogP) is 1.43. The fourth-order valence-corrected chi connectivity index (χ4v) is 1.81. The molecule has 0 radical (unpaired) electrons. The SMILES string of the molecule is CCOC(CN(C(N)=O)c1ccc(CN)cc1)OCC. The number of anilines is 1. The van der Waals surface area contributed by atoms with Crippen LogP contribution in [0.5, 0.6) is 0 Å². The zero-order valence-electron chi connectivity index (χ0n) is 12.0. The molecule has 2 amide bonds. The van der Waals surface area contributed by atoms with Crippen molar-refractivity contribution < 1.29 is 14.3 Å². The van der Waals surface area contributed by atoms with Gasteiger partial charge in [-0.05, 0) is 31.5 Å². The minimum Gasteiger partial charge on any atom is -0.351 e. The van der Waals surface area contributed by atoms with Gasteiger partial charge in [-0.3, -0.25) is 4.90 Å². The van der Waals surface area contributed by atoms with Crippen LogP contribution in [0, 0.1) is 0 Å². The van der Waals surface area contributed by atoms with Crippen LogP contribution >= 0.6 is 0 Å². The van der Waals surface area contributed by atoms with E-state index in [0.29, 0.717) is 25.4 Å². The number of amides is 2. The van der Waals surface area contributed by atoms with Gasteiger partial charge in [0.15, 0.2) is 6.29 Å². The summed E-state index contributed by atoms with van der Waals surface area (Å²) in [4.78, 5) is 13.0. The van der Waals surface area contributed by atoms with Gasteiger partial charge in [-0.2, -0.15) is 0 Å². The van der Waals surface area contributed by atoms with E-state index in [1.54, 1.807) is 0 Å². The second kappa shape index (κ2) is 8.52. The fourth-order valence-electron chi connectivity index (χ4n) is 1.81. The molecule has 0 saturated heterocycles.